The maximum absolute atomic E-state index is 10.9. The molecular weight excluding hydrogens is 252 g/mol. The van der Waals surface area contributed by atoms with Gasteiger partial charge in [0.15, 0.2) is 0 Å². The number of hydrogen-bond acceptors (Lipinski definition) is 3. The predicted octanol–water partition coefficient (Wildman–Crippen LogP) is 1.82. The quantitative estimate of drug-likeness (QED) is 0.571. The van der Waals surface area contributed by atoms with Crippen LogP contribution in [-0.4, -0.2) is 61.0 Å². The van der Waals surface area contributed by atoms with E-state index in [0.717, 1.165) is 0 Å². The molecule has 0 N–H and O–H groups in total. The van der Waals surface area contributed by atoms with Gasteiger partial charge in [-0.1, -0.05) is 24.4 Å². The second-order valence-corrected chi connectivity index (χ2v) is 3.55. The largest absolute Gasteiger partial charge is 2.00 e. The van der Waals surface area contributed by atoms with Crippen molar-refractivity contribution in [3.05, 3.63) is 0 Å². The molecule has 0 radical (unpaired) electrons. The SMILES string of the molecule is CC(=O)C(C(C)=S)C(C)=S.[H-].[H-].[Sr+2]. The number of ketones is 1. The number of rotatable bonds is 3. The molecule has 0 saturated carbocycles. The molecule has 0 aliphatic carbocycles. The van der Waals surface area contributed by atoms with E-state index in [1.165, 1.54) is 6.92 Å². The zero-order chi connectivity index (χ0) is 8.31. The first-order chi connectivity index (χ1) is 4.46. The number of Topliss-reactive ketones (excluding diaryl/α,β-unsaturated/α-hetero) is 1. The van der Waals surface area contributed by atoms with E-state index in [0.29, 0.717) is 9.73 Å². The summed E-state index contributed by atoms with van der Waals surface area (Å²) < 4.78 is 0. The first-order valence-electron chi connectivity index (χ1n) is 2.98. The minimum Gasteiger partial charge on any atom is -1.00 e. The van der Waals surface area contributed by atoms with Gasteiger partial charge in [-0.25, -0.2) is 0 Å². The predicted molar refractivity (Wildman–Crippen MR) is 58.7 cm³/mol. The first-order valence-corrected chi connectivity index (χ1v) is 3.79. The van der Waals surface area contributed by atoms with Gasteiger partial charge in [0.25, 0.3) is 0 Å². The van der Waals surface area contributed by atoms with E-state index in [1.807, 2.05) is 0 Å². The van der Waals surface area contributed by atoms with Crippen LogP contribution in [0.4, 0.5) is 0 Å². The van der Waals surface area contributed by atoms with Crippen molar-refractivity contribution in [2.24, 2.45) is 5.92 Å². The van der Waals surface area contributed by atoms with Gasteiger partial charge in [-0.3, -0.25) is 4.79 Å². The van der Waals surface area contributed by atoms with E-state index < -0.39 is 0 Å². The summed E-state index contributed by atoms with van der Waals surface area (Å²) in [5, 5.41) is 0. The Balaban J connectivity index is -0.000000135. The molecule has 0 aromatic rings. The van der Waals surface area contributed by atoms with Gasteiger partial charge in [0.05, 0.1) is 5.92 Å². The first kappa shape index (κ1) is 14.8. The van der Waals surface area contributed by atoms with Crippen LogP contribution in [0.1, 0.15) is 23.6 Å². The van der Waals surface area contributed by atoms with E-state index in [9.17, 15) is 4.79 Å². The van der Waals surface area contributed by atoms with Crippen LogP contribution in [0.3, 0.4) is 0 Å². The van der Waals surface area contributed by atoms with Crippen molar-refractivity contribution < 1.29 is 7.65 Å². The van der Waals surface area contributed by atoms with Crippen LogP contribution >= 0.6 is 24.4 Å². The van der Waals surface area contributed by atoms with Gasteiger partial charge < -0.3 is 2.85 Å². The fourth-order valence-electron chi connectivity index (χ4n) is 0.859. The second-order valence-electron chi connectivity index (χ2n) is 2.26. The summed E-state index contributed by atoms with van der Waals surface area (Å²) in [6, 6.07) is 0. The van der Waals surface area contributed by atoms with Crippen molar-refractivity contribution in [2.45, 2.75) is 20.8 Å². The molecule has 0 fully saturated rings. The molecule has 0 aliphatic rings. The molecule has 4 heteroatoms. The van der Waals surface area contributed by atoms with Crippen LogP contribution in [0.25, 0.3) is 0 Å². The van der Waals surface area contributed by atoms with Gasteiger partial charge in [0.1, 0.15) is 5.78 Å². The van der Waals surface area contributed by atoms with Crippen molar-refractivity contribution in [3.8, 4) is 0 Å². The van der Waals surface area contributed by atoms with Gasteiger partial charge in [-0.05, 0) is 20.8 Å². The minimum atomic E-state index is -0.287. The van der Waals surface area contributed by atoms with E-state index >= 15 is 0 Å². The summed E-state index contributed by atoms with van der Waals surface area (Å²) in [5.74, 6) is -0.245. The Bertz CT molecular complexity index is 164. The zero-order valence-corrected chi connectivity index (χ0v) is 12.1. The van der Waals surface area contributed by atoms with Crippen LogP contribution in [0, 0.1) is 5.92 Å². The minimum absolute atomic E-state index is 0. The van der Waals surface area contributed by atoms with Crippen LogP contribution in [-0.2, 0) is 4.79 Å². The van der Waals surface area contributed by atoms with Crippen molar-refractivity contribution >= 4 is 85.4 Å². The Hall–Kier alpha value is 1.33. The molecule has 0 bridgehead atoms. The molecule has 0 heterocycles. The molecule has 0 saturated heterocycles. The van der Waals surface area contributed by atoms with Gasteiger partial charge >= 0.3 is 45.5 Å². The Morgan fingerprint density at radius 2 is 1.45 bits per heavy atom. The summed E-state index contributed by atoms with van der Waals surface area (Å²) in [5.41, 5.74) is 0. The topological polar surface area (TPSA) is 17.1 Å². The van der Waals surface area contributed by atoms with Gasteiger partial charge in [-0.2, -0.15) is 0 Å². The Labute approximate surface area is 118 Å². The number of carbonyl (C=O) groups is 1. The standard InChI is InChI=1S/C7H10OS2.Sr.2H/c1-4(8)7(5(2)9)6(3)10;;;/h7H,1-3H3;;;/q;+2;2*-1. The molecule has 11 heavy (non-hydrogen) atoms. The smallest absolute Gasteiger partial charge is 1.00 e. The van der Waals surface area contributed by atoms with Crippen LogP contribution in [0.15, 0.2) is 0 Å². The normalized spacial score (nSPS) is 8.73. The van der Waals surface area contributed by atoms with Crippen molar-refractivity contribution in [1.82, 2.24) is 0 Å². The van der Waals surface area contributed by atoms with Gasteiger partial charge in [-0.15, -0.1) is 0 Å². The average Bonchev–Trinajstić information content (AvgIpc) is 1.59. The fraction of sp³-hybridized carbons (Fsp3) is 0.571. The van der Waals surface area contributed by atoms with Crippen molar-refractivity contribution in [2.75, 3.05) is 0 Å². The number of hydrogen-bond donors (Lipinski definition) is 0. The maximum atomic E-state index is 10.9. The van der Waals surface area contributed by atoms with Gasteiger partial charge in [0.2, 0.25) is 0 Å². The molecule has 0 atom stereocenters. The van der Waals surface area contributed by atoms with E-state index in [4.69, 9.17) is 24.4 Å². The van der Waals surface area contributed by atoms with Crippen LogP contribution in [0.5, 0.6) is 0 Å². The van der Waals surface area contributed by atoms with E-state index in [2.05, 4.69) is 0 Å². The van der Waals surface area contributed by atoms with Crippen LogP contribution in [0.2, 0.25) is 0 Å². The molecular formula is C7H12OS2Sr. The summed E-state index contributed by atoms with van der Waals surface area (Å²) in [4.78, 5) is 12.2. The maximum Gasteiger partial charge on any atom is 2.00 e. The Morgan fingerprint density at radius 1 is 1.18 bits per heavy atom. The number of thiocarbonyl (C=S) groups is 2. The van der Waals surface area contributed by atoms with E-state index in [1.54, 1.807) is 13.8 Å². The third-order valence-corrected chi connectivity index (χ3v) is 1.69. The third kappa shape index (κ3) is 5.55. The Morgan fingerprint density at radius 3 is 1.45 bits per heavy atom. The molecule has 0 spiro atoms. The molecule has 1 nitrogen and oxygen atoms in total. The average molecular weight is 264 g/mol. The Kier molecular flexibility index (Phi) is 9.18. The van der Waals surface area contributed by atoms with Crippen molar-refractivity contribution in [3.63, 3.8) is 0 Å². The number of carbonyl (C=O) groups excluding carboxylic acids is 1. The molecule has 0 aliphatic heterocycles. The monoisotopic (exact) mass is 264 g/mol. The summed E-state index contributed by atoms with van der Waals surface area (Å²) in [6.07, 6.45) is 0. The fourth-order valence-corrected chi connectivity index (χ4v) is 1.62. The summed E-state index contributed by atoms with van der Waals surface area (Å²) in [6.45, 7) is 5.00. The summed E-state index contributed by atoms with van der Waals surface area (Å²) >= 11 is 9.72. The molecule has 0 aromatic heterocycles. The molecule has 60 valence electrons. The van der Waals surface area contributed by atoms with Crippen molar-refractivity contribution in [1.29, 1.82) is 0 Å². The summed E-state index contributed by atoms with van der Waals surface area (Å²) in [7, 11) is 0. The molecule has 0 rings (SSSR count). The van der Waals surface area contributed by atoms with Gasteiger partial charge in [0, 0.05) is 9.73 Å². The molecule has 0 unspecified atom stereocenters. The molecule has 0 amide bonds. The second kappa shape index (κ2) is 6.80. The third-order valence-electron chi connectivity index (χ3n) is 1.22. The van der Waals surface area contributed by atoms with Crippen LogP contribution < -0.4 is 0 Å². The molecule has 0 aromatic carbocycles. The zero-order valence-electron chi connectivity index (χ0n) is 9.01. The van der Waals surface area contributed by atoms with E-state index in [-0.39, 0.29) is 60.0 Å².